The second kappa shape index (κ2) is 9.38. The van der Waals surface area contributed by atoms with Crippen LogP contribution in [0.25, 0.3) is 27.7 Å². The number of carbonyl (C=O) groups is 2. The summed E-state index contributed by atoms with van der Waals surface area (Å²) in [7, 11) is 0. The molecule has 0 saturated heterocycles. The Balaban J connectivity index is 1.47. The van der Waals surface area contributed by atoms with E-state index in [2.05, 4.69) is 33.8 Å². The van der Waals surface area contributed by atoms with Gasteiger partial charge in [-0.2, -0.15) is 0 Å². The second-order valence-corrected chi connectivity index (χ2v) is 8.30. The maximum Gasteiger partial charge on any atom is 0.243 e. The van der Waals surface area contributed by atoms with E-state index >= 15 is 0 Å². The SMILES string of the molecule is C=CC(=O)NCC(=O)NC1Cn2c(c(-c3ccc(Oc4ccccc4)cc3)c3c(N)ncnc32)C1=C. The summed E-state index contributed by atoms with van der Waals surface area (Å²) in [6.07, 6.45) is 2.54. The van der Waals surface area contributed by atoms with Crippen molar-refractivity contribution < 1.29 is 14.3 Å². The lowest BCUT2D eigenvalue weighted by atomic mass is 9.97. The van der Waals surface area contributed by atoms with E-state index in [1.807, 2.05) is 59.2 Å². The Kier molecular flexibility index (Phi) is 5.95. The van der Waals surface area contributed by atoms with Gasteiger partial charge in [-0.25, -0.2) is 9.97 Å². The molecule has 1 unspecified atom stereocenters. The summed E-state index contributed by atoms with van der Waals surface area (Å²) in [5.41, 5.74) is 10.2. The van der Waals surface area contributed by atoms with Crippen molar-refractivity contribution in [1.29, 1.82) is 0 Å². The van der Waals surface area contributed by atoms with E-state index in [1.54, 1.807) is 0 Å². The number of para-hydroxylation sites is 1. The Morgan fingerprint density at radius 3 is 2.56 bits per heavy atom. The van der Waals surface area contributed by atoms with Crippen LogP contribution in [-0.2, 0) is 16.1 Å². The molecule has 0 fully saturated rings. The van der Waals surface area contributed by atoms with Crippen LogP contribution in [-0.4, -0.2) is 38.9 Å². The third kappa shape index (κ3) is 4.18. The minimum atomic E-state index is -0.415. The van der Waals surface area contributed by atoms with E-state index in [4.69, 9.17) is 10.5 Å². The molecule has 4 aromatic rings. The lowest BCUT2D eigenvalue weighted by Gasteiger charge is -2.15. The van der Waals surface area contributed by atoms with Gasteiger partial charge in [-0.15, -0.1) is 0 Å². The van der Waals surface area contributed by atoms with Crippen molar-refractivity contribution in [1.82, 2.24) is 25.2 Å². The first-order valence-electron chi connectivity index (χ1n) is 11.3. The molecule has 2 aromatic carbocycles. The van der Waals surface area contributed by atoms with E-state index < -0.39 is 5.91 Å². The first-order valence-corrected chi connectivity index (χ1v) is 11.3. The molecule has 9 nitrogen and oxygen atoms in total. The van der Waals surface area contributed by atoms with E-state index in [0.29, 0.717) is 23.8 Å². The molecule has 3 heterocycles. The lowest BCUT2D eigenvalue weighted by molar-refractivity contribution is -0.124. The average molecular weight is 481 g/mol. The van der Waals surface area contributed by atoms with Gasteiger partial charge >= 0.3 is 0 Å². The van der Waals surface area contributed by atoms with Gasteiger partial charge in [0, 0.05) is 12.1 Å². The maximum absolute atomic E-state index is 12.4. The Labute approximate surface area is 207 Å². The molecular formula is C27H24N6O3. The molecule has 0 bridgehead atoms. The molecule has 180 valence electrons. The number of nitrogen functional groups attached to an aromatic ring is 1. The van der Waals surface area contributed by atoms with Crippen LogP contribution in [0.3, 0.4) is 0 Å². The number of hydrogen-bond donors (Lipinski definition) is 3. The van der Waals surface area contributed by atoms with Crippen LogP contribution in [0, 0.1) is 0 Å². The first kappa shape index (κ1) is 22.9. The molecule has 1 atom stereocenters. The fourth-order valence-corrected chi connectivity index (χ4v) is 4.38. The number of amides is 2. The van der Waals surface area contributed by atoms with Crippen molar-refractivity contribution >= 4 is 34.2 Å². The zero-order chi connectivity index (χ0) is 25.2. The molecule has 4 N–H and O–H groups in total. The highest BCUT2D eigenvalue weighted by molar-refractivity contribution is 6.07. The van der Waals surface area contributed by atoms with E-state index in [-0.39, 0.29) is 18.5 Å². The van der Waals surface area contributed by atoms with Gasteiger partial charge in [0.1, 0.15) is 29.3 Å². The number of nitrogens with two attached hydrogens (primary N) is 1. The van der Waals surface area contributed by atoms with Crippen molar-refractivity contribution in [2.45, 2.75) is 12.6 Å². The smallest absolute Gasteiger partial charge is 0.243 e. The van der Waals surface area contributed by atoms with E-state index in [0.717, 1.165) is 39.6 Å². The summed E-state index contributed by atoms with van der Waals surface area (Å²) in [5.74, 6) is 1.06. The largest absolute Gasteiger partial charge is 0.457 e. The van der Waals surface area contributed by atoms with Crippen LogP contribution < -0.4 is 21.1 Å². The van der Waals surface area contributed by atoms with Crippen LogP contribution >= 0.6 is 0 Å². The van der Waals surface area contributed by atoms with Crippen molar-refractivity contribution in [3.05, 3.63) is 85.9 Å². The van der Waals surface area contributed by atoms with Crippen LogP contribution in [0.2, 0.25) is 0 Å². The second-order valence-electron chi connectivity index (χ2n) is 8.30. The zero-order valence-corrected chi connectivity index (χ0v) is 19.4. The Hall–Kier alpha value is -4.92. The van der Waals surface area contributed by atoms with E-state index in [1.165, 1.54) is 6.33 Å². The highest BCUT2D eigenvalue weighted by atomic mass is 16.5. The number of rotatable bonds is 7. The topological polar surface area (TPSA) is 124 Å². The molecule has 1 aliphatic heterocycles. The monoisotopic (exact) mass is 480 g/mol. The van der Waals surface area contributed by atoms with Crippen LogP contribution in [0.15, 0.2) is 80.2 Å². The number of nitrogens with one attached hydrogen (secondary N) is 2. The molecule has 2 amide bonds. The Morgan fingerprint density at radius 2 is 1.83 bits per heavy atom. The summed E-state index contributed by atoms with van der Waals surface area (Å²) in [6.45, 7) is 7.93. The standard InChI is InChI=1S/C27H24N6O3/c1-3-21(34)29-13-22(35)32-20-14-33-25(16(20)2)23(24-26(28)30-15-31-27(24)33)17-9-11-19(12-10-17)36-18-7-5-4-6-8-18/h3-12,15,20H,1-2,13-14H2,(H,29,34)(H,32,35)(H2,28,30,31). The predicted octanol–water partition coefficient (Wildman–Crippen LogP) is 3.29. The number of hydrogen-bond acceptors (Lipinski definition) is 6. The van der Waals surface area contributed by atoms with Gasteiger partial charge in [-0.3, -0.25) is 9.59 Å². The third-order valence-corrected chi connectivity index (χ3v) is 6.02. The summed E-state index contributed by atoms with van der Waals surface area (Å²) in [6, 6.07) is 16.8. The summed E-state index contributed by atoms with van der Waals surface area (Å²) >= 11 is 0. The maximum atomic E-state index is 12.4. The molecule has 0 aliphatic carbocycles. The fourth-order valence-electron chi connectivity index (χ4n) is 4.38. The van der Waals surface area contributed by atoms with Crippen LogP contribution in [0.1, 0.15) is 5.69 Å². The Morgan fingerprint density at radius 1 is 1.11 bits per heavy atom. The highest BCUT2D eigenvalue weighted by Gasteiger charge is 2.34. The highest BCUT2D eigenvalue weighted by Crippen LogP contribution is 2.44. The number of anilines is 1. The minimum Gasteiger partial charge on any atom is -0.457 e. The van der Waals surface area contributed by atoms with Crippen molar-refractivity contribution in [3.63, 3.8) is 0 Å². The van der Waals surface area contributed by atoms with Crippen molar-refractivity contribution in [2.24, 2.45) is 0 Å². The molecule has 0 spiro atoms. The third-order valence-electron chi connectivity index (χ3n) is 6.02. The summed E-state index contributed by atoms with van der Waals surface area (Å²) < 4.78 is 7.92. The molecule has 0 radical (unpaired) electrons. The Bertz CT molecular complexity index is 1490. The molecular weight excluding hydrogens is 456 g/mol. The van der Waals surface area contributed by atoms with Crippen molar-refractivity contribution in [2.75, 3.05) is 12.3 Å². The van der Waals surface area contributed by atoms with Gasteiger partial charge < -0.3 is 25.7 Å². The van der Waals surface area contributed by atoms with Gasteiger partial charge in [-0.1, -0.05) is 43.5 Å². The van der Waals surface area contributed by atoms with Gasteiger partial charge in [0.25, 0.3) is 0 Å². The number of aromatic nitrogens is 3. The summed E-state index contributed by atoms with van der Waals surface area (Å²) in [5, 5.41) is 6.14. The lowest BCUT2D eigenvalue weighted by Crippen LogP contribution is -2.42. The molecule has 1 aliphatic rings. The summed E-state index contributed by atoms with van der Waals surface area (Å²) in [4.78, 5) is 32.5. The van der Waals surface area contributed by atoms with Gasteiger partial charge in [0.05, 0.1) is 23.7 Å². The molecule has 0 saturated carbocycles. The quantitative estimate of drug-likeness (QED) is 0.349. The number of benzene rings is 2. The fraction of sp³-hybridized carbons (Fsp3) is 0.111. The molecule has 5 rings (SSSR count). The predicted molar refractivity (Wildman–Crippen MR) is 138 cm³/mol. The minimum absolute atomic E-state index is 0.158. The number of fused-ring (bicyclic) bond motifs is 3. The molecule has 36 heavy (non-hydrogen) atoms. The van der Waals surface area contributed by atoms with E-state index in [9.17, 15) is 9.59 Å². The van der Waals surface area contributed by atoms with Crippen LogP contribution in [0.4, 0.5) is 5.82 Å². The molecule has 9 heteroatoms. The normalized spacial score (nSPS) is 14.3. The van der Waals surface area contributed by atoms with Crippen molar-refractivity contribution in [3.8, 4) is 22.6 Å². The van der Waals surface area contributed by atoms with Gasteiger partial charge in [0.15, 0.2) is 0 Å². The number of ether oxygens (including phenoxy) is 1. The zero-order valence-electron chi connectivity index (χ0n) is 19.4. The van der Waals surface area contributed by atoms with Crippen LogP contribution in [0.5, 0.6) is 11.5 Å². The van der Waals surface area contributed by atoms with Gasteiger partial charge in [0.2, 0.25) is 11.8 Å². The average Bonchev–Trinajstić information content (AvgIpc) is 3.38. The number of carbonyl (C=O) groups excluding carboxylic acids is 2. The molecule has 2 aromatic heterocycles. The van der Waals surface area contributed by atoms with Gasteiger partial charge in [-0.05, 0) is 41.5 Å². The first-order chi connectivity index (χ1) is 17.5. The number of nitrogens with zero attached hydrogens (tertiary/aromatic N) is 3.